The van der Waals surface area contributed by atoms with E-state index in [1.165, 1.54) is 28.5 Å². The first kappa shape index (κ1) is 20.0. The number of para-hydroxylation sites is 1. The van der Waals surface area contributed by atoms with E-state index < -0.39 is 0 Å². The Bertz CT molecular complexity index is 1140. The quantitative estimate of drug-likeness (QED) is 0.625. The maximum Gasteiger partial charge on any atom is 0.288 e. The second kappa shape index (κ2) is 8.30. The molecule has 8 nitrogen and oxygen atoms in total. The Morgan fingerprint density at radius 3 is 2.58 bits per heavy atom. The van der Waals surface area contributed by atoms with Crippen molar-refractivity contribution in [2.45, 2.75) is 19.8 Å². The van der Waals surface area contributed by atoms with Crippen molar-refractivity contribution in [3.8, 4) is 0 Å². The number of carbonyl (C=O) groups is 1. The number of hydrogen-bond acceptors (Lipinski definition) is 7. The molecule has 0 radical (unpaired) electrons. The summed E-state index contributed by atoms with van der Waals surface area (Å²) in [4.78, 5) is 37.3. The minimum atomic E-state index is -0.381. The third kappa shape index (κ3) is 3.89. The van der Waals surface area contributed by atoms with E-state index in [1.807, 2.05) is 18.2 Å². The average molecular weight is 439 g/mol. The molecule has 3 aromatic rings. The number of piperazine rings is 1. The van der Waals surface area contributed by atoms with Crippen LogP contribution in [0.1, 0.15) is 30.1 Å². The second-order valence-electron chi connectivity index (χ2n) is 8.36. The Morgan fingerprint density at radius 2 is 1.84 bits per heavy atom. The van der Waals surface area contributed by atoms with Gasteiger partial charge in [-0.25, -0.2) is 4.98 Å². The smallest absolute Gasteiger partial charge is 0.288 e. The highest BCUT2D eigenvalue weighted by molar-refractivity contribution is 7.20. The molecule has 1 atom stereocenters. The normalized spacial score (nSPS) is 19.8. The molecule has 0 saturated carbocycles. The van der Waals surface area contributed by atoms with Gasteiger partial charge in [-0.05, 0) is 30.9 Å². The third-order valence-corrected chi connectivity index (χ3v) is 7.11. The van der Waals surface area contributed by atoms with Gasteiger partial charge in [0.15, 0.2) is 0 Å². The van der Waals surface area contributed by atoms with E-state index in [-0.39, 0.29) is 17.0 Å². The van der Waals surface area contributed by atoms with Crippen LogP contribution in [0.2, 0.25) is 0 Å². The maximum absolute atomic E-state index is 13.1. The van der Waals surface area contributed by atoms with Gasteiger partial charge in [0.2, 0.25) is 10.1 Å². The number of hydrogen-bond donors (Lipinski definition) is 0. The molecule has 4 heterocycles. The zero-order valence-electron chi connectivity index (χ0n) is 17.6. The van der Waals surface area contributed by atoms with E-state index in [9.17, 15) is 9.59 Å². The Hall–Kier alpha value is -2.94. The highest BCUT2D eigenvalue weighted by Gasteiger charge is 2.26. The van der Waals surface area contributed by atoms with Gasteiger partial charge in [-0.3, -0.25) is 9.59 Å². The Labute approximate surface area is 184 Å². The number of carbonyl (C=O) groups excluding carboxylic acids is 1. The van der Waals surface area contributed by atoms with Gasteiger partial charge < -0.3 is 14.7 Å². The molecule has 5 rings (SSSR count). The lowest BCUT2D eigenvalue weighted by Gasteiger charge is -2.36. The first-order chi connectivity index (χ1) is 15.1. The number of nitrogens with zero attached hydrogens (tertiary/aromatic N) is 6. The van der Waals surface area contributed by atoms with Crippen LogP contribution in [0, 0.1) is 5.92 Å². The zero-order chi connectivity index (χ0) is 21.4. The fourth-order valence-electron chi connectivity index (χ4n) is 4.39. The number of piperidine rings is 1. The summed E-state index contributed by atoms with van der Waals surface area (Å²) >= 11 is 1.41. The number of aromatic nitrogens is 3. The summed E-state index contributed by atoms with van der Waals surface area (Å²) in [5.74, 6) is 0.345. The van der Waals surface area contributed by atoms with Gasteiger partial charge in [-0.15, -0.1) is 5.10 Å². The molecule has 1 amide bonds. The molecule has 1 aromatic carbocycles. The van der Waals surface area contributed by atoms with Gasteiger partial charge in [0.05, 0.1) is 0 Å². The number of rotatable bonds is 3. The van der Waals surface area contributed by atoms with Crippen molar-refractivity contribution < 1.29 is 4.79 Å². The van der Waals surface area contributed by atoms with Gasteiger partial charge in [-0.1, -0.05) is 36.5 Å². The molecule has 2 saturated heterocycles. The Balaban J connectivity index is 1.33. The largest absolute Gasteiger partial charge is 0.368 e. The summed E-state index contributed by atoms with van der Waals surface area (Å²) < 4.78 is 1.30. The molecule has 2 aliphatic rings. The summed E-state index contributed by atoms with van der Waals surface area (Å²) in [6.07, 6.45) is 3.76. The molecule has 0 unspecified atom stereocenters. The molecular weight excluding hydrogens is 412 g/mol. The van der Waals surface area contributed by atoms with Crippen LogP contribution in [0.25, 0.3) is 4.96 Å². The van der Waals surface area contributed by atoms with Crippen molar-refractivity contribution in [2.24, 2.45) is 5.92 Å². The van der Waals surface area contributed by atoms with Crippen molar-refractivity contribution >= 4 is 33.0 Å². The number of benzene rings is 1. The van der Waals surface area contributed by atoms with Gasteiger partial charge >= 0.3 is 0 Å². The van der Waals surface area contributed by atoms with Gasteiger partial charge in [0.1, 0.15) is 5.56 Å². The zero-order valence-corrected chi connectivity index (χ0v) is 18.4. The van der Waals surface area contributed by atoms with Crippen molar-refractivity contribution in [1.29, 1.82) is 0 Å². The highest BCUT2D eigenvalue weighted by Crippen LogP contribution is 2.26. The molecule has 0 spiro atoms. The van der Waals surface area contributed by atoms with E-state index in [0.717, 1.165) is 43.4 Å². The molecule has 2 fully saturated rings. The monoisotopic (exact) mass is 438 g/mol. The van der Waals surface area contributed by atoms with Crippen LogP contribution in [0.15, 0.2) is 41.3 Å². The fraction of sp³-hybridized carbons (Fsp3) is 0.455. The van der Waals surface area contributed by atoms with E-state index >= 15 is 0 Å². The van der Waals surface area contributed by atoms with E-state index in [0.29, 0.717) is 24.0 Å². The number of anilines is 2. The SMILES string of the molecule is C[C@H]1CCCN(c2nn3c(=O)c(C(=O)N4CCN(c5ccccc5)CC4)cnc3s2)C1. The minimum absolute atomic E-state index is 0.0922. The lowest BCUT2D eigenvalue weighted by Crippen LogP contribution is -2.49. The number of amides is 1. The first-order valence-electron chi connectivity index (χ1n) is 10.8. The average Bonchev–Trinajstić information content (AvgIpc) is 3.25. The van der Waals surface area contributed by atoms with Crippen LogP contribution in [-0.2, 0) is 0 Å². The molecule has 162 valence electrons. The molecule has 0 N–H and O–H groups in total. The standard InChI is InChI=1S/C22H26N6O2S/c1-16-6-5-9-27(15-16)22-24-28-20(30)18(14-23-21(28)31-22)19(29)26-12-10-25(11-13-26)17-7-3-2-4-8-17/h2-4,7-8,14,16H,5-6,9-13,15H2,1H3/t16-/m0/s1. The van der Waals surface area contributed by atoms with E-state index in [1.54, 1.807) is 4.90 Å². The lowest BCUT2D eigenvalue weighted by molar-refractivity contribution is 0.0744. The van der Waals surface area contributed by atoms with Crippen LogP contribution in [0.5, 0.6) is 0 Å². The first-order valence-corrected chi connectivity index (χ1v) is 11.6. The molecule has 31 heavy (non-hydrogen) atoms. The summed E-state index contributed by atoms with van der Waals surface area (Å²) in [5.41, 5.74) is 0.863. The van der Waals surface area contributed by atoms with Crippen LogP contribution in [-0.4, -0.2) is 64.7 Å². The predicted molar refractivity (Wildman–Crippen MR) is 122 cm³/mol. The molecular formula is C22H26N6O2S. The summed E-state index contributed by atoms with van der Waals surface area (Å²) in [7, 11) is 0. The maximum atomic E-state index is 13.1. The van der Waals surface area contributed by atoms with Gasteiger partial charge in [0, 0.05) is 51.2 Å². The van der Waals surface area contributed by atoms with Crippen molar-refractivity contribution in [2.75, 3.05) is 49.1 Å². The third-order valence-electron chi connectivity index (χ3n) is 6.12. The topological polar surface area (TPSA) is 74.1 Å². The Morgan fingerprint density at radius 1 is 1.06 bits per heavy atom. The second-order valence-corrected chi connectivity index (χ2v) is 9.30. The Kier molecular flexibility index (Phi) is 5.35. The van der Waals surface area contributed by atoms with Crippen LogP contribution >= 0.6 is 11.3 Å². The number of fused-ring (bicyclic) bond motifs is 1. The lowest BCUT2D eigenvalue weighted by atomic mass is 10.0. The van der Waals surface area contributed by atoms with Crippen LogP contribution in [0.4, 0.5) is 10.8 Å². The minimum Gasteiger partial charge on any atom is -0.368 e. The van der Waals surface area contributed by atoms with Gasteiger partial charge in [-0.2, -0.15) is 4.52 Å². The fourth-order valence-corrected chi connectivity index (χ4v) is 5.29. The van der Waals surface area contributed by atoms with Gasteiger partial charge in [0.25, 0.3) is 11.5 Å². The van der Waals surface area contributed by atoms with Crippen LogP contribution < -0.4 is 15.4 Å². The molecule has 2 aromatic heterocycles. The van der Waals surface area contributed by atoms with Crippen LogP contribution in [0.3, 0.4) is 0 Å². The summed E-state index contributed by atoms with van der Waals surface area (Å²) in [6.45, 7) is 6.73. The predicted octanol–water partition coefficient (Wildman–Crippen LogP) is 2.35. The van der Waals surface area contributed by atoms with Crippen molar-refractivity contribution in [3.05, 3.63) is 52.4 Å². The van der Waals surface area contributed by atoms with E-state index in [2.05, 4.69) is 38.9 Å². The summed E-state index contributed by atoms with van der Waals surface area (Å²) in [5, 5.41) is 5.32. The van der Waals surface area contributed by atoms with Crippen molar-refractivity contribution in [3.63, 3.8) is 0 Å². The molecule has 0 aliphatic carbocycles. The molecule has 9 heteroatoms. The molecule has 2 aliphatic heterocycles. The highest BCUT2D eigenvalue weighted by atomic mass is 32.1. The van der Waals surface area contributed by atoms with Crippen molar-refractivity contribution in [1.82, 2.24) is 19.5 Å². The summed E-state index contributed by atoms with van der Waals surface area (Å²) in [6, 6.07) is 10.2. The molecule has 0 bridgehead atoms. The van der Waals surface area contributed by atoms with E-state index in [4.69, 9.17) is 0 Å².